The van der Waals surface area contributed by atoms with Gasteiger partial charge in [0.05, 0.1) is 17.5 Å². The van der Waals surface area contributed by atoms with Gasteiger partial charge in [0.15, 0.2) is 5.69 Å². The van der Waals surface area contributed by atoms with E-state index in [0.717, 1.165) is 30.6 Å². The van der Waals surface area contributed by atoms with Crippen LogP contribution in [-0.4, -0.2) is 50.1 Å². The molecule has 132 valence electrons. The molecule has 0 bridgehead atoms. The molecule has 0 radical (unpaired) electrons. The van der Waals surface area contributed by atoms with Gasteiger partial charge in [0.25, 0.3) is 5.91 Å². The molecule has 2 fully saturated rings. The van der Waals surface area contributed by atoms with E-state index in [1.807, 2.05) is 40.8 Å². The first-order valence-electron chi connectivity index (χ1n) is 9.04. The maximum atomic E-state index is 13.0. The van der Waals surface area contributed by atoms with E-state index in [-0.39, 0.29) is 17.9 Å². The third-order valence-electron chi connectivity index (χ3n) is 5.34. The molecule has 1 amide bonds. The Bertz CT molecular complexity index is 777. The number of carbonyl (C=O) groups excluding carboxylic acids is 1. The second-order valence-electron chi connectivity index (χ2n) is 7.39. The molecular weight excluding hydrogens is 316 g/mol. The topological polar surface area (TPSA) is 71.2 Å². The fourth-order valence-electron chi connectivity index (χ4n) is 3.56. The monoisotopic (exact) mass is 340 g/mol. The summed E-state index contributed by atoms with van der Waals surface area (Å²) in [5.41, 5.74) is 3.56. The summed E-state index contributed by atoms with van der Waals surface area (Å²) >= 11 is 0. The molecule has 2 atom stereocenters. The minimum Gasteiger partial charge on any atom is -0.393 e. The van der Waals surface area contributed by atoms with Crippen molar-refractivity contribution >= 4 is 5.91 Å². The maximum absolute atomic E-state index is 13.0. The summed E-state index contributed by atoms with van der Waals surface area (Å²) in [5, 5.41) is 18.3. The van der Waals surface area contributed by atoms with Crippen LogP contribution in [0.4, 0.5) is 0 Å². The molecule has 4 rings (SSSR count). The first kappa shape index (κ1) is 16.3. The molecule has 1 saturated heterocycles. The predicted octanol–water partition coefficient (Wildman–Crippen LogP) is 2.30. The third kappa shape index (κ3) is 3.06. The Morgan fingerprint density at radius 3 is 2.56 bits per heavy atom. The van der Waals surface area contributed by atoms with Crippen molar-refractivity contribution in [3.63, 3.8) is 0 Å². The normalized spacial score (nSPS) is 21.6. The lowest BCUT2D eigenvalue weighted by Gasteiger charge is -2.17. The van der Waals surface area contributed by atoms with Gasteiger partial charge in [0, 0.05) is 24.9 Å². The van der Waals surface area contributed by atoms with Gasteiger partial charge in [0.1, 0.15) is 0 Å². The van der Waals surface area contributed by atoms with Crippen LogP contribution in [0.3, 0.4) is 0 Å². The minimum absolute atomic E-state index is 0.0524. The van der Waals surface area contributed by atoms with Gasteiger partial charge in [-0.25, -0.2) is 4.68 Å². The second-order valence-corrected chi connectivity index (χ2v) is 7.39. The Kier molecular flexibility index (Phi) is 4.07. The molecule has 1 aliphatic carbocycles. The highest BCUT2D eigenvalue weighted by molar-refractivity contribution is 5.94. The fraction of sp³-hybridized carbons (Fsp3) is 0.526. The lowest BCUT2D eigenvalue weighted by molar-refractivity contribution is 0.0755. The Morgan fingerprint density at radius 2 is 1.96 bits per heavy atom. The van der Waals surface area contributed by atoms with Crippen LogP contribution in [0.1, 0.15) is 53.8 Å². The largest absolute Gasteiger partial charge is 0.393 e. The fourth-order valence-corrected chi connectivity index (χ4v) is 3.56. The van der Waals surface area contributed by atoms with E-state index in [4.69, 9.17) is 0 Å². The first-order valence-corrected chi connectivity index (χ1v) is 9.04. The highest BCUT2D eigenvalue weighted by Gasteiger charge is 2.37. The predicted molar refractivity (Wildman–Crippen MR) is 93.8 cm³/mol. The van der Waals surface area contributed by atoms with Crippen molar-refractivity contribution in [1.82, 2.24) is 19.9 Å². The van der Waals surface area contributed by atoms with Gasteiger partial charge in [-0.3, -0.25) is 4.79 Å². The molecule has 2 aromatic rings. The van der Waals surface area contributed by atoms with Crippen LogP contribution in [-0.2, 0) is 0 Å². The lowest BCUT2D eigenvalue weighted by atomic mass is 10.0. The molecule has 2 unspecified atom stereocenters. The molecule has 6 nitrogen and oxygen atoms in total. The number of aromatic nitrogens is 3. The molecule has 0 spiro atoms. The molecule has 25 heavy (non-hydrogen) atoms. The van der Waals surface area contributed by atoms with Crippen molar-refractivity contribution < 1.29 is 9.90 Å². The Balaban J connectivity index is 1.64. The molecule has 1 aromatic carbocycles. The zero-order valence-corrected chi connectivity index (χ0v) is 14.7. The Labute approximate surface area is 147 Å². The van der Waals surface area contributed by atoms with Crippen molar-refractivity contribution in [2.24, 2.45) is 5.92 Å². The number of hydrogen-bond acceptors (Lipinski definition) is 4. The summed E-state index contributed by atoms with van der Waals surface area (Å²) in [6.45, 7) is 5.11. The number of likely N-dealkylation sites (tertiary alicyclic amines) is 1. The lowest BCUT2D eigenvalue weighted by Crippen LogP contribution is -2.31. The second kappa shape index (κ2) is 6.26. The quantitative estimate of drug-likeness (QED) is 0.927. The zero-order chi connectivity index (χ0) is 17.6. The van der Waals surface area contributed by atoms with Crippen molar-refractivity contribution in [3.8, 4) is 5.69 Å². The van der Waals surface area contributed by atoms with Crippen LogP contribution in [0.5, 0.6) is 0 Å². The summed E-state index contributed by atoms with van der Waals surface area (Å²) in [5.74, 6) is 0.467. The van der Waals surface area contributed by atoms with Gasteiger partial charge in [0.2, 0.25) is 0 Å². The summed E-state index contributed by atoms with van der Waals surface area (Å²) in [7, 11) is 0. The number of aryl methyl sites for hydroxylation is 1. The standard InChI is InChI=1S/C19H24N4O2/c1-12-3-7-16(8-4-12)23-18(14-5-6-14)17(20-21-23)19(25)22-10-9-15(11-22)13(2)24/h3-4,7-8,13-15,24H,5-6,9-11H2,1-2H3. The zero-order valence-electron chi connectivity index (χ0n) is 14.7. The number of amides is 1. The molecule has 2 heterocycles. The van der Waals surface area contributed by atoms with Gasteiger partial charge >= 0.3 is 0 Å². The highest BCUT2D eigenvalue weighted by atomic mass is 16.3. The number of rotatable bonds is 4. The van der Waals surface area contributed by atoms with Crippen LogP contribution in [0.15, 0.2) is 24.3 Å². The number of carbonyl (C=O) groups is 1. The van der Waals surface area contributed by atoms with E-state index in [9.17, 15) is 9.90 Å². The van der Waals surface area contributed by atoms with Gasteiger partial charge in [-0.15, -0.1) is 5.10 Å². The van der Waals surface area contributed by atoms with E-state index in [1.165, 1.54) is 5.56 Å². The molecule has 1 aromatic heterocycles. The van der Waals surface area contributed by atoms with Crippen LogP contribution < -0.4 is 0 Å². The first-order chi connectivity index (χ1) is 12.0. The van der Waals surface area contributed by atoms with Crippen LogP contribution in [0.25, 0.3) is 5.69 Å². The third-order valence-corrected chi connectivity index (χ3v) is 5.34. The van der Waals surface area contributed by atoms with Crippen molar-refractivity contribution in [2.75, 3.05) is 13.1 Å². The van der Waals surface area contributed by atoms with Crippen LogP contribution in [0.2, 0.25) is 0 Å². The van der Waals surface area contributed by atoms with Crippen molar-refractivity contribution in [1.29, 1.82) is 0 Å². The number of aliphatic hydroxyl groups is 1. The van der Waals surface area contributed by atoms with Crippen LogP contribution in [0, 0.1) is 12.8 Å². The van der Waals surface area contributed by atoms with Gasteiger partial charge in [-0.05, 0) is 45.2 Å². The molecular formula is C19H24N4O2. The molecule has 1 aliphatic heterocycles. The number of benzene rings is 1. The van der Waals surface area contributed by atoms with Crippen molar-refractivity contribution in [3.05, 3.63) is 41.2 Å². The maximum Gasteiger partial charge on any atom is 0.276 e. The average Bonchev–Trinajstić information content (AvgIpc) is 3.14. The Morgan fingerprint density at radius 1 is 1.24 bits per heavy atom. The average molecular weight is 340 g/mol. The van der Waals surface area contributed by atoms with Crippen molar-refractivity contribution in [2.45, 2.75) is 45.1 Å². The number of aliphatic hydroxyl groups excluding tert-OH is 1. The van der Waals surface area contributed by atoms with Gasteiger partial charge in [-0.2, -0.15) is 0 Å². The van der Waals surface area contributed by atoms with Gasteiger partial charge in [-0.1, -0.05) is 22.9 Å². The van der Waals surface area contributed by atoms with Gasteiger partial charge < -0.3 is 10.0 Å². The summed E-state index contributed by atoms with van der Waals surface area (Å²) in [6, 6.07) is 8.12. The SMILES string of the molecule is Cc1ccc(-n2nnc(C(=O)N3CCC(C(C)O)C3)c2C2CC2)cc1. The van der Waals surface area contributed by atoms with E-state index in [1.54, 1.807) is 6.92 Å². The summed E-state index contributed by atoms with van der Waals surface area (Å²) in [4.78, 5) is 14.8. The number of nitrogens with zero attached hydrogens (tertiary/aromatic N) is 4. The van der Waals surface area contributed by atoms with E-state index in [0.29, 0.717) is 24.7 Å². The smallest absolute Gasteiger partial charge is 0.276 e. The minimum atomic E-state index is -0.385. The Hall–Kier alpha value is -2.21. The van der Waals surface area contributed by atoms with E-state index in [2.05, 4.69) is 10.3 Å². The molecule has 2 aliphatic rings. The molecule has 1 N–H and O–H groups in total. The summed E-state index contributed by atoms with van der Waals surface area (Å²) in [6.07, 6.45) is 2.61. The molecule has 6 heteroatoms. The van der Waals surface area contributed by atoms with E-state index < -0.39 is 0 Å². The van der Waals surface area contributed by atoms with E-state index >= 15 is 0 Å². The highest BCUT2D eigenvalue weighted by Crippen LogP contribution is 2.42. The number of hydrogen-bond donors (Lipinski definition) is 1. The van der Waals surface area contributed by atoms with Crippen LogP contribution >= 0.6 is 0 Å². The molecule has 1 saturated carbocycles. The summed E-state index contributed by atoms with van der Waals surface area (Å²) < 4.78 is 1.83.